The van der Waals surface area contributed by atoms with Crippen LogP contribution in [0.1, 0.15) is 0 Å². The van der Waals surface area contributed by atoms with Crippen LogP contribution in [0.3, 0.4) is 0 Å². The second-order valence-electron chi connectivity index (χ2n) is 2.75. The van der Waals surface area contributed by atoms with Gasteiger partial charge in [-0.05, 0) is 6.26 Å². The summed E-state index contributed by atoms with van der Waals surface area (Å²) >= 11 is 2.80. The van der Waals surface area contributed by atoms with Crippen molar-refractivity contribution >= 4 is 36.0 Å². The number of thioether (sulfide) groups is 2. The van der Waals surface area contributed by atoms with Crippen molar-refractivity contribution in [1.29, 1.82) is 0 Å². The predicted molar refractivity (Wildman–Crippen MR) is 55.3 cm³/mol. The number of ether oxygens (including phenoxy) is 1. The lowest BCUT2D eigenvalue weighted by molar-refractivity contribution is -0.143. The normalized spacial score (nSPS) is 31.4. The maximum absolute atomic E-state index is 10.7. The molecule has 1 heterocycles. The van der Waals surface area contributed by atoms with E-state index in [0.29, 0.717) is 18.0 Å². The Balaban J connectivity index is 2.63. The van der Waals surface area contributed by atoms with Gasteiger partial charge in [-0.25, -0.2) is 0 Å². The van der Waals surface area contributed by atoms with Gasteiger partial charge in [0.25, 0.3) is 6.47 Å². The van der Waals surface area contributed by atoms with Gasteiger partial charge in [-0.2, -0.15) is 11.8 Å². The predicted octanol–water partition coefficient (Wildman–Crippen LogP) is -0.0342. The van der Waals surface area contributed by atoms with E-state index in [9.17, 15) is 9.59 Å². The molecule has 2 N–H and O–H groups in total. The Morgan fingerprint density at radius 3 is 3.07 bits per heavy atom. The summed E-state index contributed by atoms with van der Waals surface area (Å²) in [6.07, 6.45) is 1.87. The van der Waals surface area contributed by atoms with Crippen molar-refractivity contribution in [2.75, 3.05) is 17.8 Å². The highest BCUT2D eigenvalue weighted by Crippen LogP contribution is 2.33. The molecule has 80 valence electrons. The molecule has 0 aliphatic carbocycles. The Kier molecular flexibility index (Phi) is 4.09. The zero-order valence-corrected chi connectivity index (χ0v) is 9.19. The molecule has 14 heavy (non-hydrogen) atoms. The molecule has 7 heteroatoms. The van der Waals surface area contributed by atoms with Crippen LogP contribution in [-0.2, 0) is 14.3 Å². The summed E-state index contributed by atoms with van der Waals surface area (Å²) < 4.78 is 4.90. The van der Waals surface area contributed by atoms with E-state index >= 15 is 0 Å². The second kappa shape index (κ2) is 4.90. The van der Waals surface area contributed by atoms with Crippen molar-refractivity contribution in [1.82, 2.24) is 5.32 Å². The van der Waals surface area contributed by atoms with E-state index in [-0.39, 0.29) is 0 Å². The van der Waals surface area contributed by atoms with Crippen molar-refractivity contribution in [2.24, 2.45) is 0 Å². The number of carbonyl (C=O) groups is 2. The Morgan fingerprint density at radius 1 is 1.93 bits per heavy atom. The Labute approximate surface area is 89.9 Å². The fourth-order valence-electron chi connectivity index (χ4n) is 1.15. The van der Waals surface area contributed by atoms with E-state index < -0.39 is 17.1 Å². The maximum atomic E-state index is 10.7. The molecule has 0 bridgehead atoms. The standard InChI is InChI=1S/C7H11NO4S2/c1-13-3-7(12-4-9)8-5(2-14-7)6(10)11/h4-5,8H,2-3H2,1H3,(H,10,11)/t5-,7?/m0/s1. The number of rotatable bonds is 5. The molecular formula is C7H11NO4S2. The van der Waals surface area contributed by atoms with E-state index in [1.807, 2.05) is 6.26 Å². The molecule has 5 nitrogen and oxygen atoms in total. The molecule has 0 spiro atoms. The van der Waals surface area contributed by atoms with Crippen molar-refractivity contribution in [2.45, 2.75) is 11.1 Å². The molecule has 0 aromatic carbocycles. The largest absolute Gasteiger partial charge is 0.480 e. The Hall–Kier alpha value is -0.400. The second-order valence-corrected chi connectivity index (χ2v) is 4.89. The SMILES string of the molecule is CSCC1(OC=O)N[C@H](C(=O)O)CS1. The minimum Gasteiger partial charge on any atom is -0.480 e. The van der Waals surface area contributed by atoms with Gasteiger partial charge in [0.2, 0.25) is 5.06 Å². The lowest BCUT2D eigenvalue weighted by atomic mass is 10.3. The number of hydrogen-bond donors (Lipinski definition) is 2. The van der Waals surface area contributed by atoms with Crippen molar-refractivity contribution < 1.29 is 19.4 Å². The quantitative estimate of drug-likeness (QED) is 0.650. The first-order valence-electron chi connectivity index (χ1n) is 3.88. The van der Waals surface area contributed by atoms with E-state index in [0.717, 1.165) is 0 Å². The van der Waals surface area contributed by atoms with Crippen LogP contribution in [0.2, 0.25) is 0 Å². The van der Waals surface area contributed by atoms with Gasteiger partial charge in [0, 0.05) is 5.75 Å². The first-order chi connectivity index (χ1) is 6.63. The molecule has 0 aromatic rings. The number of nitrogens with one attached hydrogen (secondary N) is 1. The topological polar surface area (TPSA) is 75.6 Å². The molecule has 1 unspecified atom stereocenters. The molecule has 2 atom stereocenters. The van der Waals surface area contributed by atoms with Gasteiger partial charge in [0.1, 0.15) is 6.04 Å². The van der Waals surface area contributed by atoms with Crippen LogP contribution in [-0.4, -0.2) is 46.4 Å². The third-order valence-corrected chi connectivity index (χ3v) is 3.95. The van der Waals surface area contributed by atoms with E-state index in [2.05, 4.69) is 5.32 Å². The van der Waals surface area contributed by atoms with Crippen LogP contribution in [0.25, 0.3) is 0 Å². The van der Waals surface area contributed by atoms with Gasteiger partial charge in [0.05, 0.1) is 5.75 Å². The van der Waals surface area contributed by atoms with Gasteiger partial charge in [-0.15, -0.1) is 0 Å². The smallest absolute Gasteiger partial charge is 0.321 e. The monoisotopic (exact) mass is 237 g/mol. The number of hydrogen-bond acceptors (Lipinski definition) is 6. The minimum absolute atomic E-state index is 0.348. The third kappa shape index (κ3) is 2.55. The minimum atomic E-state index is -0.921. The van der Waals surface area contributed by atoms with Crippen LogP contribution in [0.4, 0.5) is 0 Å². The maximum Gasteiger partial charge on any atom is 0.321 e. The average Bonchev–Trinajstić information content (AvgIpc) is 2.51. The summed E-state index contributed by atoms with van der Waals surface area (Å²) in [7, 11) is 0. The molecule has 1 rings (SSSR count). The molecule has 0 aromatic heterocycles. The number of carboxylic acids is 1. The number of carbonyl (C=O) groups excluding carboxylic acids is 1. The Bertz CT molecular complexity index is 238. The molecule has 0 saturated carbocycles. The van der Waals surface area contributed by atoms with Gasteiger partial charge in [0.15, 0.2) is 0 Å². The van der Waals surface area contributed by atoms with Gasteiger partial charge < -0.3 is 9.84 Å². The molecule has 0 amide bonds. The summed E-state index contributed by atoms with van der Waals surface area (Å²) in [5, 5.41) is 10.7. The molecule has 1 fully saturated rings. The van der Waals surface area contributed by atoms with Crippen molar-refractivity contribution in [3.8, 4) is 0 Å². The fraction of sp³-hybridized carbons (Fsp3) is 0.714. The third-order valence-electron chi connectivity index (χ3n) is 1.75. The molecule has 0 radical (unpaired) electrons. The van der Waals surface area contributed by atoms with Crippen LogP contribution >= 0.6 is 23.5 Å². The molecular weight excluding hydrogens is 226 g/mol. The van der Waals surface area contributed by atoms with Gasteiger partial charge >= 0.3 is 5.97 Å². The number of aliphatic carboxylic acids is 1. The van der Waals surface area contributed by atoms with Crippen LogP contribution in [0.5, 0.6) is 0 Å². The van der Waals surface area contributed by atoms with Gasteiger partial charge in [-0.1, -0.05) is 11.8 Å². The zero-order valence-electron chi connectivity index (χ0n) is 7.56. The summed E-state index contributed by atoms with van der Waals surface area (Å²) in [6, 6.07) is -0.646. The lowest BCUT2D eigenvalue weighted by Gasteiger charge is -2.25. The highest BCUT2D eigenvalue weighted by molar-refractivity contribution is 8.03. The number of carboxylic acid groups (broad SMARTS) is 1. The highest BCUT2D eigenvalue weighted by atomic mass is 32.2. The van der Waals surface area contributed by atoms with E-state index in [1.165, 1.54) is 23.5 Å². The Morgan fingerprint density at radius 2 is 2.64 bits per heavy atom. The first kappa shape index (κ1) is 11.7. The molecule has 1 aliphatic heterocycles. The lowest BCUT2D eigenvalue weighted by Crippen LogP contribution is -2.48. The van der Waals surface area contributed by atoms with Crippen LogP contribution in [0.15, 0.2) is 0 Å². The van der Waals surface area contributed by atoms with Crippen LogP contribution in [0, 0.1) is 0 Å². The van der Waals surface area contributed by atoms with Crippen molar-refractivity contribution in [3.05, 3.63) is 0 Å². The molecule has 1 aliphatic rings. The molecule has 1 saturated heterocycles. The first-order valence-corrected chi connectivity index (χ1v) is 6.26. The van der Waals surface area contributed by atoms with E-state index in [1.54, 1.807) is 0 Å². The van der Waals surface area contributed by atoms with Crippen molar-refractivity contribution in [3.63, 3.8) is 0 Å². The summed E-state index contributed by atoms with van der Waals surface area (Å²) in [4.78, 5) is 21.0. The summed E-state index contributed by atoms with van der Waals surface area (Å²) in [5.74, 6) is 0.0131. The van der Waals surface area contributed by atoms with Crippen LogP contribution < -0.4 is 5.32 Å². The van der Waals surface area contributed by atoms with E-state index in [4.69, 9.17) is 9.84 Å². The highest BCUT2D eigenvalue weighted by Gasteiger charge is 2.43. The zero-order chi connectivity index (χ0) is 10.6. The summed E-state index contributed by atoms with van der Waals surface area (Å²) in [6.45, 7) is 0.348. The fourth-order valence-corrected chi connectivity index (χ4v) is 3.37. The summed E-state index contributed by atoms with van der Waals surface area (Å²) in [5.41, 5.74) is 0. The average molecular weight is 237 g/mol. The van der Waals surface area contributed by atoms with Gasteiger partial charge in [-0.3, -0.25) is 14.9 Å².